The van der Waals surface area contributed by atoms with Crippen LogP contribution in [0.2, 0.25) is 10.0 Å². The van der Waals surface area contributed by atoms with Crippen LogP contribution in [-0.4, -0.2) is 41.4 Å². The van der Waals surface area contributed by atoms with Crippen LogP contribution in [0, 0.1) is 0 Å². The minimum absolute atomic E-state index is 0.0212. The summed E-state index contributed by atoms with van der Waals surface area (Å²) in [4.78, 5) is 14.8. The lowest BCUT2D eigenvalue weighted by Crippen LogP contribution is -2.35. The molecule has 0 unspecified atom stereocenters. The van der Waals surface area contributed by atoms with E-state index in [1.54, 1.807) is 12.1 Å². The Bertz CT molecular complexity index is 1110. The number of benzene rings is 2. The first kappa shape index (κ1) is 19.1. The van der Waals surface area contributed by atoms with E-state index in [9.17, 15) is 15.0 Å². The van der Waals surface area contributed by atoms with Gasteiger partial charge in [0.1, 0.15) is 11.3 Å². The summed E-state index contributed by atoms with van der Waals surface area (Å²) in [6.07, 6.45) is 0. The van der Waals surface area contributed by atoms with Crippen molar-refractivity contribution in [3.05, 3.63) is 56.2 Å². The van der Waals surface area contributed by atoms with Gasteiger partial charge in [-0.3, -0.25) is 9.69 Å². The predicted molar refractivity (Wildman–Crippen MR) is 107 cm³/mol. The fourth-order valence-corrected chi connectivity index (χ4v) is 3.56. The number of hydrogen-bond donors (Lipinski definition) is 2. The van der Waals surface area contributed by atoms with Gasteiger partial charge < -0.3 is 19.4 Å². The Labute approximate surface area is 170 Å². The van der Waals surface area contributed by atoms with Gasteiger partial charge in [0.25, 0.3) is 0 Å². The number of halogens is 2. The molecule has 1 aliphatic heterocycles. The summed E-state index contributed by atoms with van der Waals surface area (Å²) in [5.74, 6) is -0.522. The molecule has 0 saturated carbocycles. The van der Waals surface area contributed by atoms with Crippen LogP contribution < -0.4 is 5.43 Å². The second kappa shape index (κ2) is 7.64. The number of rotatable bonds is 3. The maximum absolute atomic E-state index is 12.7. The number of phenolic OH excluding ortho intramolecular Hbond substituents is 1. The van der Waals surface area contributed by atoms with Crippen LogP contribution in [0.5, 0.6) is 11.5 Å². The van der Waals surface area contributed by atoms with Crippen molar-refractivity contribution in [2.24, 2.45) is 0 Å². The third-order valence-electron chi connectivity index (χ3n) is 4.78. The van der Waals surface area contributed by atoms with Crippen LogP contribution in [0.4, 0.5) is 0 Å². The smallest absolute Gasteiger partial charge is 0.235 e. The van der Waals surface area contributed by atoms with Crippen LogP contribution in [0.1, 0.15) is 5.56 Å². The average Bonchev–Trinajstić information content (AvgIpc) is 2.70. The summed E-state index contributed by atoms with van der Waals surface area (Å²) in [6, 6.07) is 7.55. The highest BCUT2D eigenvalue weighted by Crippen LogP contribution is 2.36. The highest BCUT2D eigenvalue weighted by Gasteiger charge is 2.22. The summed E-state index contributed by atoms with van der Waals surface area (Å²) in [6.45, 7) is 3.01. The molecule has 3 aromatic rings. The largest absolute Gasteiger partial charge is 0.507 e. The van der Waals surface area contributed by atoms with Crippen molar-refractivity contribution >= 4 is 34.2 Å². The van der Waals surface area contributed by atoms with Crippen LogP contribution in [0.3, 0.4) is 0 Å². The van der Waals surface area contributed by atoms with Gasteiger partial charge in [-0.2, -0.15) is 0 Å². The molecule has 2 N–H and O–H groups in total. The number of fused-ring (bicyclic) bond motifs is 1. The molecule has 1 saturated heterocycles. The van der Waals surface area contributed by atoms with Gasteiger partial charge in [-0.1, -0.05) is 23.2 Å². The lowest BCUT2D eigenvalue weighted by Gasteiger charge is -2.27. The molecule has 0 amide bonds. The third kappa shape index (κ3) is 3.44. The first-order chi connectivity index (χ1) is 13.5. The first-order valence-corrected chi connectivity index (χ1v) is 9.47. The Kier molecular flexibility index (Phi) is 5.21. The maximum atomic E-state index is 12.7. The van der Waals surface area contributed by atoms with Crippen LogP contribution >= 0.6 is 23.2 Å². The van der Waals surface area contributed by atoms with Gasteiger partial charge in [0.05, 0.1) is 34.2 Å². The zero-order valence-electron chi connectivity index (χ0n) is 14.7. The lowest BCUT2D eigenvalue weighted by molar-refractivity contribution is 0.0339. The van der Waals surface area contributed by atoms with E-state index < -0.39 is 11.2 Å². The van der Waals surface area contributed by atoms with Gasteiger partial charge in [-0.25, -0.2) is 0 Å². The van der Waals surface area contributed by atoms with Crippen molar-refractivity contribution in [2.75, 3.05) is 26.3 Å². The highest BCUT2D eigenvalue weighted by molar-refractivity contribution is 6.42. The fraction of sp³-hybridized carbons (Fsp3) is 0.250. The Balaban J connectivity index is 1.90. The molecule has 28 heavy (non-hydrogen) atoms. The van der Waals surface area contributed by atoms with Gasteiger partial charge in [-0.05, 0) is 30.3 Å². The summed E-state index contributed by atoms with van der Waals surface area (Å²) in [5.41, 5.74) is 0.547. The van der Waals surface area contributed by atoms with Crippen LogP contribution in [-0.2, 0) is 11.3 Å². The molecule has 0 aliphatic carbocycles. The molecule has 6 nitrogen and oxygen atoms in total. The Morgan fingerprint density at radius 3 is 2.50 bits per heavy atom. The van der Waals surface area contributed by atoms with Crippen molar-refractivity contribution in [1.29, 1.82) is 0 Å². The fourth-order valence-electron chi connectivity index (χ4n) is 3.26. The number of nitrogens with zero attached hydrogens (tertiary/aromatic N) is 1. The van der Waals surface area contributed by atoms with E-state index in [0.29, 0.717) is 49.0 Å². The normalized spacial score (nSPS) is 15.2. The second-order valence-corrected chi connectivity index (χ2v) is 7.38. The summed E-state index contributed by atoms with van der Waals surface area (Å²) in [7, 11) is 0. The molecule has 4 rings (SSSR count). The highest BCUT2D eigenvalue weighted by atomic mass is 35.5. The Hall–Kier alpha value is -2.25. The molecular formula is C20H17Cl2NO5. The van der Waals surface area contributed by atoms with Gasteiger partial charge >= 0.3 is 0 Å². The molecule has 0 radical (unpaired) electrons. The van der Waals surface area contributed by atoms with Crippen molar-refractivity contribution in [2.45, 2.75) is 6.54 Å². The van der Waals surface area contributed by atoms with Crippen molar-refractivity contribution in [3.63, 3.8) is 0 Å². The zero-order valence-corrected chi connectivity index (χ0v) is 16.3. The predicted octanol–water partition coefficient (Wildman–Crippen LogP) is 4.01. The molecule has 0 bridgehead atoms. The number of hydrogen-bond acceptors (Lipinski definition) is 6. The van der Waals surface area contributed by atoms with E-state index in [2.05, 4.69) is 4.90 Å². The minimum Gasteiger partial charge on any atom is -0.507 e. The summed E-state index contributed by atoms with van der Waals surface area (Å²) in [5, 5.41) is 21.7. The van der Waals surface area contributed by atoms with E-state index in [0.717, 1.165) is 0 Å². The van der Waals surface area contributed by atoms with Gasteiger partial charge in [-0.15, -0.1) is 0 Å². The molecule has 8 heteroatoms. The quantitative estimate of drug-likeness (QED) is 0.664. The van der Waals surface area contributed by atoms with E-state index in [4.69, 9.17) is 32.4 Å². The van der Waals surface area contributed by atoms with E-state index in [1.165, 1.54) is 18.2 Å². The molecule has 0 spiro atoms. The third-order valence-corrected chi connectivity index (χ3v) is 5.52. The monoisotopic (exact) mass is 421 g/mol. The molecular weight excluding hydrogens is 405 g/mol. The van der Waals surface area contributed by atoms with E-state index in [-0.39, 0.29) is 27.5 Å². The first-order valence-electron chi connectivity index (χ1n) is 8.72. The van der Waals surface area contributed by atoms with Crippen molar-refractivity contribution < 1.29 is 19.4 Å². The standard InChI is InChI=1S/C20H17Cl2NO5/c21-14-3-1-11(9-15(14)22)19-18(26)17(25)12-2-4-16(24)13(20(12)28-19)10-23-5-7-27-8-6-23/h1-4,9,24,26H,5-8,10H2. The van der Waals surface area contributed by atoms with Gasteiger partial charge in [0.15, 0.2) is 5.76 Å². The molecule has 1 fully saturated rings. The van der Waals surface area contributed by atoms with Crippen LogP contribution in [0.15, 0.2) is 39.5 Å². The molecule has 0 atom stereocenters. The number of aromatic hydroxyl groups is 2. The van der Waals surface area contributed by atoms with E-state index >= 15 is 0 Å². The van der Waals surface area contributed by atoms with Gasteiger partial charge in [0.2, 0.25) is 11.2 Å². The second-order valence-electron chi connectivity index (χ2n) is 6.57. The summed E-state index contributed by atoms with van der Waals surface area (Å²) >= 11 is 12.0. The van der Waals surface area contributed by atoms with Crippen molar-refractivity contribution in [1.82, 2.24) is 4.90 Å². The summed E-state index contributed by atoms with van der Waals surface area (Å²) < 4.78 is 11.3. The number of morpholine rings is 1. The van der Waals surface area contributed by atoms with Crippen molar-refractivity contribution in [3.8, 4) is 22.8 Å². The minimum atomic E-state index is -0.578. The SMILES string of the molecule is O=c1c(O)c(-c2ccc(Cl)c(Cl)c2)oc2c(CN3CCOCC3)c(O)ccc12. The maximum Gasteiger partial charge on any atom is 0.235 e. The molecule has 1 aromatic heterocycles. The van der Waals surface area contributed by atoms with Gasteiger partial charge in [0, 0.05) is 25.2 Å². The molecule has 2 heterocycles. The lowest BCUT2D eigenvalue weighted by atomic mass is 10.1. The Morgan fingerprint density at radius 2 is 1.79 bits per heavy atom. The Morgan fingerprint density at radius 1 is 1.04 bits per heavy atom. The molecule has 1 aliphatic rings. The molecule has 2 aromatic carbocycles. The number of phenols is 1. The average molecular weight is 422 g/mol. The van der Waals surface area contributed by atoms with E-state index in [1.807, 2.05) is 0 Å². The number of ether oxygens (including phenoxy) is 1. The zero-order chi connectivity index (χ0) is 19.8. The topological polar surface area (TPSA) is 83.1 Å². The molecule has 146 valence electrons. The van der Waals surface area contributed by atoms with Crippen LogP contribution in [0.25, 0.3) is 22.3 Å².